The minimum atomic E-state index is -3.92. The van der Waals surface area contributed by atoms with Gasteiger partial charge < -0.3 is 10.5 Å². The SMILES string of the molecule is CCOC(=O)c1ccc(NS(=O)(=O)c2cccc3ncc(N)nc23)cc1. The van der Waals surface area contributed by atoms with E-state index in [1.807, 2.05) is 0 Å². The molecule has 0 spiro atoms. The molecule has 8 nitrogen and oxygen atoms in total. The van der Waals surface area contributed by atoms with Crippen molar-refractivity contribution in [2.45, 2.75) is 11.8 Å². The van der Waals surface area contributed by atoms with Gasteiger partial charge in [0, 0.05) is 5.69 Å². The van der Waals surface area contributed by atoms with E-state index in [1.165, 1.54) is 36.5 Å². The fraction of sp³-hybridized carbons (Fsp3) is 0.118. The van der Waals surface area contributed by atoms with Gasteiger partial charge in [0.25, 0.3) is 10.0 Å². The molecular weight excluding hydrogens is 356 g/mol. The highest BCUT2D eigenvalue weighted by molar-refractivity contribution is 7.93. The Hall–Kier alpha value is -3.20. The quantitative estimate of drug-likeness (QED) is 0.658. The van der Waals surface area contributed by atoms with Crippen molar-refractivity contribution in [2.75, 3.05) is 17.1 Å². The minimum absolute atomic E-state index is 0.0377. The monoisotopic (exact) mass is 372 g/mol. The van der Waals surface area contributed by atoms with E-state index < -0.39 is 16.0 Å². The first-order valence-corrected chi connectivity index (χ1v) is 9.20. The third-order valence-electron chi connectivity index (χ3n) is 3.49. The van der Waals surface area contributed by atoms with E-state index in [0.717, 1.165) is 0 Å². The van der Waals surface area contributed by atoms with Crippen molar-refractivity contribution in [2.24, 2.45) is 0 Å². The molecule has 3 rings (SSSR count). The Balaban J connectivity index is 1.92. The summed E-state index contributed by atoms with van der Waals surface area (Å²) >= 11 is 0. The molecule has 3 N–H and O–H groups in total. The first kappa shape index (κ1) is 17.6. The van der Waals surface area contributed by atoms with Crippen molar-refractivity contribution in [1.29, 1.82) is 0 Å². The molecule has 1 heterocycles. The maximum Gasteiger partial charge on any atom is 0.338 e. The van der Waals surface area contributed by atoms with E-state index in [1.54, 1.807) is 19.1 Å². The Bertz CT molecular complexity index is 1070. The third kappa shape index (κ3) is 3.57. The van der Waals surface area contributed by atoms with Crippen molar-refractivity contribution in [3.63, 3.8) is 0 Å². The molecule has 0 fully saturated rings. The normalized spacial score (nSPS) is 11.3. The summed E-state index contributed by atoms with van der Waals surface area (Å²) in [6.07, 6.45) is 1.36. The van der Waals surface area contributed by atoms with Gasteiger partial charge in [-0.1, -0.05) is 6.07 Å². The molecule has 0 saturated carbocycles. The van der Waals surface area contributed by atoms with Gasteiger partial charge in [-0.3, -0.25) is 9.71 Å². The molecule has 1 aromatic heterocycles. The number of fused-ring (bicyclic) bond motifs is 1. The lowest BCUT2D eigenvalue weighted by atomic mass is 10.2. The van der Waals surface area contributed by atoms with Crippen LogP contribution in [0.15, 0.2) is 53.6 Å². The van der Waals surface area contributed by atoms with Crippen molar-refractivity contribution in [1.82, 2.24) is 9.97 Å². The number of esters is 1. The Labute approximate surface area is 150 Å². The Morgan fingerprint density at radius 3 is 2.62 bits per heavy atom. The summed E-state index contributed by atoms with van der Waals surface area (Å²) in [6.45, 7) is 1.97. The van der Waals surface area contributed by atoms with Crippen LogP contribution in [0, 0.1) is 0 Å². The number of carbonyl (C=O) groups excluding carboxylic acids is 1. The second-order valence-corrected chi connectivity index (χ2v) is 6.97. The van der Waals surface area contributed by atoms with Gasteiger partial charge in [-0.05, 0) is 43.3 Å². The van der Waals surface area contributed by atoms with Crippen LogP contribution < -0.4 is 10.5 Å². The zero-order valence-corrected chi connectivity index (χ0v) is 14.7. The Kier molecular flexibility index (Phi) is 4.72. The summed E-state index contributed by atoms with van der Waals surface area (Å²) < 4.78 is 32.8. The zero-order valence-electron chi connectivity index (χ0n) is 13.8. The Morgan fingerprint density at radius 2 is 1.92 bits per heavy atom. The first-order valence-electron chi connectivity index (χ1n) is 7.72. The number of nitrogen functional groups attached to an aromatic ring is 1. The predicted octanol–water partition coefficient (Wildman–Crippen LogP) is 2.19. The average Bonchev–Trinajstić information content (AvgIpc) is 2.61. The number of anilines is 2. The van der Waals surface area contributed by atoms with E-state index in [2.05, 4.69) is 14.7 Å². The lowest BCUT2D eigenvalue weighted by Crippen LogP contribution is -2.14. The number of rotatable bonds is 5. The van der Waals surface area contributed by atoms with Crippen LogP contribution in [-0.2, 0) is 14.8 Å². The highest BCUT2D eigenvalue weighted by atomic mass is 32.2. The maximum atomic E-state index is 12.7. The molecule has 26 heavy (non-hydrogen) atoms. The summed E-state index contributed by atoms with van der Waals surface area (Å²) in [4.78, 5) is 19.8. The number of hydrogen-bond donors (Lipinski definition) is 2. The van der Waals surface area contributed by atoms with Crippen LogP contribution >= 0.6 is 0 Å². The van der Waals surface area contributed by atoms with Crippen molar-refractivity contribution in [3.8, 4) is 0 Å². The van der Waals surface area contributed by atoms with Crippen LogP contribution in [0.2, 0.25) is 0 Å². The zero-order chi connectivity index (χ0) is 18.7. The van der Waals surface area contributed by atoms with Gasteiger partial charge in [0.1, 0.15) is 16.2 Å². The number of aromatic nitrogens is 2. The van der Waals surface area contributed by atoms with Crippen LogP contribution in [0.25, 0.3) is 11.0 Å². The molecule has 0 atom stereocenters. The smallest absolute Gasteiger partial charge is 0.338 e. The van der Waals surface area contributed by atoms with Gasteiger partial charge in [-0.2, -0.15) is 0 Å². The number of para-hydroxylation sites is 1. The summed E-state index contributed by atoms with van der Waals surface area (Å²) in [5.74, 6) is -0.347. The van der Waals surface area contributed by atoms with Crippen LogP contribution in [-0.4, -0.2) is 31.0 Å². The second-order valence-electron chi connectivity index (χ2n) is 5.32. The van der Waals surface area contributed by atoms with E-state index in [9.17, 15) is 13.2 Å². The van der Waals surface area contributed by atoms with E-state index >= 15 is 0 Å². The van der Waals surface area contributed by atoms with Crippen LogP contribution in [0.4, 0.5) is 11.5 Å². The number of carbonyl (C=O) groups is 1. The van der Waals surface area contributed by atoms with Crippen LogP contribution in [0.5, 0.6) is 0 Å². The molecule has 0 unspecified atom stereocenters. The fourth-order valence-corrected chi connectivity index (χ4v) is 3.56. The van der Waals surface area contributed by atoms with E-state index in [-0.39, 0.29) is 22.8 Å². The summed E-state index contributed by atoms with van der Waals surface area (Å²) in [6, 6.07) is 10.6. The van der Waals surface area contributed by atoms with Crippen molar-refractivity contribution in [3.05, 3.63) is 54.2 Å². The molecule has 0 amide bonds. The number of ether oxygens (including phenoxy) is 1. The van der Waals surface area contributed by atoms with Crippen molar-refractivity contribution >= 4 is 38.5 Å². The van der Waals surface area contributed by atoms with Gasteiger partial charge in [0.15, 0.2) is 0 Å². The van der Waals surface area contributed by atoms with Gasteiger partial charge >= 0.3 is 5.97 Å². The molecule has 9 heteroatoms. The minimum Gasteiger partial charge on any atom is -0.462 e. The molecule has 0 aliphatic heterocycles. The van der Waals surface area contributed by atoms with E-state index in [4.69, 9.17) is 10.5 Å². The summed E-state index contributed by atoms with van der Waals surface area (Å²) in [7, 11) is -3.92. The van der Waals surface area contributed by atoms with Gasteiger partial charge in [-0.25, -0.2) is 18.2 Å². The van der Waals surface area contributed by atoms with Gasteiger partial charge in [0.2, 0.25) is 0 Å². The number of nitrogens with two attached hydrogens (primary N) is 1. The number of hydrogen-bond acceptors (Lipinski definition) is 7. The van der Waals surface area contributed by atoms with Crippen LogP contribution in [0.1, 0.15) is 17.3 Å². The lowest BCUT2D eigenvalue weighted by Gasteiger charge is -2.10. The molecule has 0 saturated heterocycles. The van der Waals surface area contributed by atoms with Gasteiger partial charge in [-0.15, -0.1) is 0 Å². The van der Waals surface area contributed by atoms with Gasteiger partial charge in [0.05, 0.1) is 23.9 Å². The largest absolute Gasteiger partial charge is 0.462 e. The molecule has 2 aromatic carbocycles. The van der Waals surface area contributed by atoms with Crippen molar-refractivity contribution < 1.29 is 17.9 Å². The highest BCUT2D eigenvalue weighted by Gasteiger charge is 2.19. The number of nitrogens with one attached hydrogen (secondary N) is 1. The fourth-order valence-electron chi connectivity index (χ4n) is 2.34. The summed E-state index contributed by atoms with van der Waals surface area (Å²) in [5, 5.41) is 0. The number of sulfonamides is 1. The Morgan fingerprint density at radius 1 is 1.19 bits per heavy atom. The standard InChI is InChI=1S/C17H16N4O4S/c1-2-25-17(22)11-6-8-12(9-7-11)21-26(23,24)14-5-3-4-13-16(14)20-15(18)10-19-13/h3-10,21H,2H2,1H3,(H2,18,20). The third-order valence-corrected chi connectivity index (χ3v) is 4.91. The number of benzene rings is 2. The summed E-state index contributed by atoms with van der Waals surface area (Å²) in [5.41, 5.74) is 6.86. The molecule has 0 radical (unpaired) electrons. The molecule has 0 aliphatic rings. The first-order chi connectivity index (χ1) is 12.4. The molecule has 134 valence electrons. The van der Waals surface area contributed by atoms with Crippen LogP contribution in [0.3, 0.4) is 0 Å². The van der Waals surface area contributed by atoms with E-state index in [0.29, 0.717) is 16.8 Å². The number of nitrogens with zero attached hydrogens (tertiary/aromatic N) is 2. The topological polar surface area (TPSA) is 124 Å². The highest BCUT2D eigenvalue weighted by Crippen LogP contribution is 2.23. The molecule has 3 aromatic rings. The molecular formula is C17H16N4O4S. The lowest BCUT2D eigenvalue weighted by molar-refractivity contribution is 0.0526. The second kappa shape index (κ2) is 6.96. The molecule has 0 aliphatic carbocycles. The maximum absolute atomic E-state index is 12.7. The molecule has 0 bridgehead atoms. The predicted molar refractivity (Wildman–Crippen MR) is 97.2 cm³/mol. The average molecular weight is 372 g/mol.